The smallest absolute Gasteiger partial charge is 0.400 e. The minimum Gasteiger partial charge on any atom is -0.400 e. The normalized spacial score (nSPS) is 20.9. The Morgan fingerprint density at radius 2 is 1.81 bits per heavy atom. The van der Waals surface area contributed by atoms with Gasteiger partial charge in [-0.25, -0.2) is 0 Å². The fraction of sp³-hybridized carbons (Fsp3) is 0.500. The van der Waals surface area contributed by atoms with Crippen molar-refractivity contribution >= 4 is 18.9 Å². The first-order chi connectivity index (χ1) is 9.68. The number of anilines is 1. The lowest BCUT2D eigenvalue weighted by Crippen LogP contribution is -2.41. The topological polar surface area (TPSA) is 64.7 Å². The average Bonchev–Trinajstić information content (AvgIpc) is 2.60. The SMILES string of the molecule is Cc1c(N)cccc1C=C(CO)B1OC(C)(C)C(C)(C)O1. The van der Waals surface area contributed by atoms with Crippen molar-refractivity contribution in [3.63, 3.8) is 0 Å². The maximum absolute atomic E-state index is 9.69. The van der Waals surface area contributed by atoms with Gasteiger partial charge in [0.1, 0.15) is 0 Å². The molecule has 0 amide bonds. The van der Waals surface area contributed by atoms with Crippen LogP contribution in [-0.4, -0.2) is 30.0 Å². The number of aliphatic hydroxyl groups is 1. The van der Waals surface area contributed by atoms with Gasteiger partial charge in [0.15, 0.2) is 0 Å². The van der Waals surface area contributed by atoms with E-state index in [1.165, 1.54) is 0 Å². The second-order valence-electron chi connectivity index (χ2n) is 6.53. The van der Waals surface area contributed by atoms with Gasteiger partial charge in [-0.2, -0.15) is 0 Å². The molecule has 1 heterocycles. The van der Waals surface area contributed by atoms with Gasteiger partial charge in [0.05, 0.1) is 17.8 Å². The lowest BCUT2D eigenvalue weighted by atomic mass is 9.77. The zero-order valence-corrected chi connectivity index (χ0v) is 13.4. The van der Waals surface area contributed by atoms with Gasteiger partial charge in [0, 0.05) is 5.69 Å². The van der Waals surface area contributed by atoms with Crippen LogP contribution in [0.25, 0.3) is 6.08 Å². The van der Waals surface area contributed by atoms with Gasteiger partial charge in [-0.3, -0.25) is 0 Å². The van der Waals surface area contributed by atoms with E-state index in [1.54, 1.807) is 0 Å². The highest BCUT2D eigenvalue weighted by Crippen LogP contribution is 2.38. The summed E-state index contributed by atoms with van der Waals surface area (Å²) in [7, 11) is -0.541. The molecule has 1 aromatic carbocycles. The summed E-state index contributed by atoms with van der Waals surface area (Å²) in [5, 5.41) is 9.69. The summed E-state index contributed by atoms with van der Waals surface area (Å²) in [6, 6.07) is 5.72. The predicted molar refractivity (Wildman–Crippen MR) is 86.7 cm³/mol. The molecule has 4 nitrogen and oxygen atoms in total. The van der Waals surface area contributed by atoms with E-state index < -0.39 is 18.3 Å². The quantitative estimate of drug-likeness (QED) is 0.663. The third-order valence-corrected chi connectivity index (χ3v) is 4.50. The molecule has 1 fully saturated rings. The summed E-state index contributed by atoms with van der Waals surface area (Å²) in [5.41, 5.74) is 8.46. The van der Waals surface area contributed by atoms with Crippen LogP contribution in [0, 0.1) is 6.92 Å². The van der Waals surface area contributed by atoms with Gasteiger partial charge in [-0.15, -0.1) is 0 Å². The van der Waals surface area contributed by atoms with Crippen LogP contribution in [0.4, 0.5) is 5.69 Å². The first-order valence-corrected chi connectivity index (χ1v) is 7.20. The second-order valence-corrected chi connectivity index (χ2v) is 6.53. The van der Waals surface area contributed by atoms with E-state index in [-0.39, 0.29) is 6.61 Å². The molecule has 1 aliphatic rings. The summed E-state index contributed by atoms with van der Waals surface area (Å²) in [5.74, 6) is 0. The molecule has 0 radical (unpaired) electrons. The van der Waals surface area contributed by atoms with Crippen LogP contribution < -0.4 is 5.73 Å². The van der Waals surface area contributed by atoms with Crippen molar-refractivity contribution in [2.45, 2.75) is 45.8 Å². The Bertz CT molecular complexity index is 551. The summed E-state index contributed by atoms with van der Waals surface area (Å²) < 4.78 is 12.0. The molecule has 0 spiro atoms. The average molecular weight is 289 g/mol. The van der Waals surface area contributed by atoms with Gasteiger partial charge in [0.2, 0.25) is 0 Å². The number of hydrogen-bond acceptors (Lipinski definition) is 4. The predicted octanol–water partition coefficient (Wildman–Crippen LogP) is 2.58. The van der Waals surface area contributed by atoms with Crippen molar-refractivity contribution in [2.24, 2.45) is 0 Å². The highest BCUT2D eigenvalue weighted by atomic mass is 16.7. The summed E-state index contributed by atoms with van der Waals surface area (Å²) >= 11 is 0. The number of rotatable bonds is 3. The lowest BCUT2D eigenvalue weighted by Gasteiger charge is -2.32. The fourth-order valence-corrected chi connectivity index (χ4v) is 2.21. The zero-order valence-electron chi connectivity index (χ0n) is 13.4. The van der Waals surface area contributed by atoms with Crippen molar-refractivity contribution in [3.8, 4) is 0 Å². The lowest BCUT2D eigenvalue weighted by molar-refractivity contribution is 0.00578. The third kappa shape index (κ3) is 3.00. The molecule has 0 unspecified atom stereocenters. The number of nitrogens with two attached hydrogens (primary N) is 1. The van der Waals surface area contributed by atoms with Crippen LogP contribution in [0.5, 0.6) is 0 Å². The zero-order chi connectivity index (χ0) is 15.8. The Hall–Kier alpha value is -1.30. The molecule has 0 bridgehead atoms. The number of hydrogen-bond donors (Lipinski definition) is 2. The van der Waals surface area contributed by atoms with E-state index in [9.17, 15) is 5.11 Å². The van der Waals surface area contributed by atoms with Crippen LogP contribution in [0.2, 0.25) is 0 Å². The Labute approximate surface area is 127 Å². The Kier molecular flexibility index (Phi) is 4.20. The van der Waals surface area contributed by atoms with Crippen molar-refractivity contribution < 1.29 is 14.4 Å². The van der Waals surface area contributed by atoms with Gasteiger partial charge < -0.3 is 20.1 Å². The van der Waals surface area contributed by atoms with Gasteiger partial charge in [-0.05, 0) is 57.3 Å². The first-order valence-electron chi connectivity index (χ1n) is 7.20. The van der Waals surface area contributed by atoms with Crippen molar-refractivity contribution in [3.05, 3.63) is 34.8 Å². The maximum atomic E-state index is 9.69. The van der Waals surface area contributed by atoms with Gasteiger partial charge in [-0.1, -0.05) is 18.2 Å². The molecule has 2 rings (SSSR count). The third-order valence-electron chi connectivity index (χ3n) is 4.50. The number of benzene rings is 1. The summed E-state index contributed by atoms with van der Waals surface area (Å²) in [6.07, 6.45) is 1.90. The van der Waals surface area contributed by atoms with E-state index in [0.29, 0.717) is 5.47 Å². The molecule has 1 aromatic rings. The number of nitrogen functional groups attached to an aromatic ring is 1. The standard InChI is InChI=1S/C16H24BNO3/c1-11-12(7-6-8-14(11)18)9-13(10-19)17-20-15(2,3)16(4,5)21-17/h6-9,19H,10,18H2,1-5H3. The fourth-order valence-electron chi connectivity index (χ4n) is 2.21. The van der Waals surface area contributed by atoms with Crippen molar-refractivity contribution in [2.75, 3.05) is 12.3 Å². The molecule has 114 valence electrons. The highest BCUT2D eigenvalue weighted by Gasteiger charge is 2.52. The molecule has 0 aromatic heterocycles. The molecular weight excluding hydrogens is 265 g/mol. The Morgan fingerprint density at radius 3 is 2.33 bits per heavy atom. The summed E-state index contributed by atoms with van der Waals surface area (Å²) in [6.45, 7) is 9.81. The minimum absolute atomic E-state index is 0.120. The minimum atomic E-state index is -0.541. The molecule has 0 aliphatic carbocycles. The van der Waals surface area contributed by atoms with E-state index in [2.05, 4.69) is 0 Å². The molecule has 5 heteroatoms. The Balaban J connectivity index is 2.33. The van der Waals surface area contributed by atoms with E-state index in [4.69, 9.17) is 15.0 Å². The highest BCUT2D eigenvalue weighted by molar-refractivity contribution is 6.55. The van der Waals surface area contributed by atoms with E-state index in [0.717, 1.165) is 16.8 Å². The van der Waals surface area contributed by atoms with Gasteiger partial charge >= 0.3 is 7.12 Å². The van der Waals surface area contributed by atoms with Crippen LogP contribution >= 0.6 is 0 Å². The molecule has 1 saturated heterocycles. The molecule has 0 atom stereocenters. The molecule has 3 N–H and O–H groups in total. The summed E-state index contributed by atoms with van der Waals surface area (Å²) in [4.78, 5) is 0. The van der Waals surface area contributed by atoms with Crippen LogP contribution in [0.15, 0.2) is 23.7 Å². The van der Waals surface area contributed by atoms with Gasteiger partial charge in [0.25, 0.3) is 0 Å². The van der Waals surface area contributed by atoms with E-state index in [1.807, 2.05) is 58.9 Å². The van der Waals surface area contributed by atoms with E-state index >= 15 is 0 Å². The number of aliphatic hydroxyl groups excluding tert-OH is 1. The van der Waals surface area contributed by atoms with Crippen molar-refractivity contribution in [1.82, 2.24) is 0 Å². The van der Waals surface area contributed by atoms with Crippen LogP contribution in [0.3, 0.4) is 0 Å². The molecule has 1 aliphatic heterocycles. The maximum Gasteiger partial charge on any atom is 0.492 e. The van der Waals surface area contributed by atoms with Crippen LogP contribution in [0.1, 0.15) is 38.8 Å². The first kappa shape index (κ1) is 16.1. The largest absolute Gasteiger partial charge is 0.492 e. The molecular formula is C16H24BNO3. The van der Waals surface area contributed by atoms with Crippen LogP contribution in [-0.2, 0) is 9.31 Å². The van der Waals surface area contributed by atoms with Crippen molar-refractivity contribution in [1.29, 1.82) is 0 Å². The Morgan fingerprint density at radius 1 is 1.24 bits per heavy atom. The molecule has 21 heavy (non-hydrogen) atoms. The monoisotopic (exact) mass is 289 g/mol. The molecule has 0 saturated carbocycles. The second kappa shape index (κ2) is 5.48.